The zero-order valence-electron chi connectivity index (χ0n) is 18.0. The number of anilines is 1. The van der Waals surface area contributed by atoms with Crippen LogP contribution >= 0.6 is 24.0 Å². The van der Waals surface area contributed by atoms with Crippen molar-refractivity contribution in [3.63, 3.8) is 0 Å². The van der Waals surface area contributed by atoms with E-state index in [1.807, 2.05) is 25.1 Å². The Bertz CT molecular complexity index is 846. The van der Waals surface area contributed by atoms with Gasteiger partial charge in [0.15, 0.2) is 5.96 Å². The Morgan fingerprint density at radius 1 is 1.23 bits per heavy atom. The van der Waals surface area contributed by atoms with Crippen molar-refractivity contribution in [3.05, 3.63) is 59.4 Å². The predicted molar refractivity (Wildman–Crippen MR) is 133 cm³/mol. The lowest BCUT2D eigenvalue weighted by Gasteiger charge is -2.21. The number of para-hydroxylation sites is 2. The molecule has 0 radical (unpaired) electrons. The summed E-state index contributed by atoms with van der Waals surface area (Å²) in [6.07, 6.45) is 1.97. The molecule has 2 aromatic rings. The Balaban J connectivity index is 0.00000320. The van der Waals surface area contributed by atoms with Crippen LogP contribution in [-0.4, -0.2) is 46.3 Å². The van der Waals surface area contributed by atoms with Crippen LogP contribution in [0.3, 0.4) is 0 Å². The van der Waals surface area contributed by atoms with Gasteiger partial charge in [-0.15, -0.1) is 24.0 Å². The highest BCUT2D eigenvalue weighted by Gasteiger charge is 2.24. The summed E-state index contributed by atoms with van der Waals surface area (Å²) in [7, 11) is 3.51. The predicted octanol–water partition coefficient (Wildman–Crippen LogP) is 3.99. The molecule has 0 aromatic heterocycles. The first kappa shape index (κ1) is 24.2. The Morgan fingerprint density at radius 2 is 2.03 bits per heavy atom. The maximum atomic E-state index is 13.2. The van der Waals surface area contributed by atoms with Crippen LogP contribution in [0.1, 0.15) is 17.5 Å². The fourth-order valence-corrected chi connectivity index (χ4v) is 3.83. The van der Waals surface area contributed by atoms with Crippen LogP contribution in [0.15, 0.2) is 47.5 Å². The topological polar surface area (TPSA) is 48.9 Å². The number of halogens is 2. The molecule has 1 fully saturated rings. The number of rotatable bonds is 7. The molecule has 3 rings (SSSR count). The molecule has 1 atom stereocenters. The minimum absolute atomic E-state index is 0. The van der Waals surface area contributed by atoms with Gasteiger partial charge in [0.2, 0.25) is 0 Å². The van der Waals surface area contributed by atoms with Gasteiger partial charge >= 0.3 is 0 Å². The van der Waals surface area contributed by atoms with E-state index in [-0.39, 0.29) is 29.8 Å². The fourth-order valence-electron chi connectivity index (χ4n) is 3.83. The zero-order chi connectivity index (χ0) is 20.6. The number of nitrogens with one attached hydrogen (secondary N) is 2. The van der Waals surface area contributed by atoms with Gasteiger partial charge in [-0.1, -0.05) is 18.2 Å². The third-order valence-electron chi connectivity index (χ3n) is 5.48. The van der Waals surface area contributed by atoms with Gasteiger partial charge in [0.1, 0.15) is 11.6 Å². The molecule has 1 heterocycles. The van der Waals surface area contributed by atoms with E-state index in [0.717, 1.165) is 67.5 Å². The Kier molecular flexibility index (Phi) is 9.68. The van der Waals surface area contributed by atoms with Crippen LogP contribution in [0.2, 0.25) is 0 Å². The van der Waals surface area contributed by atoms with Gasteiger partial charge in [0.25, 0.3) is 0 Å². The first-order valence-electron chi connectivity index (χ1n) is 10.2. The monoisotopic (exact) mass is 526 g/mol. The van der Waals surface area contributed by atoms with E-state index in [2.05, 4.69) is 32.7 Å². The third-order valence-corrected chi connectivity index (χ3v) is 5.48. The van der Waals surface area contributed by atoms with E-state index in [9.17, 15) is 4.39 Å². The molecule has 1 unspecified atom stereocenters. The van der Waals surface area contributed by atoms with Crippen LogP contribution in [0.5, 0.6) is 5.75 Å². The Hall–Kier alpha value is -2.03. The normalized spacial score (nSPS) is 16.2. The molecule has 1 saturated heterocycles. The smallest absolute Gasteiger partial charge is 0.190 e. The molecule has 0 aliphatic carbocycles. The molecule has 7 heteroatoms. The van der Waals surface area contributed by atoms with E-state index in [4.69, 9.17) is 4.74 Å². The van der Waals surface area contributed by atoms with Crippen LogP contribution < -0.4 is 20.3 Å². The van der Waals surface area contributed by atoms with Gasteiger partial charge < -0.3 is 20.3 Å². The summed E-state index contributed by atoms with van der Waals surface area (Å²) >= 11 is 0. The maximum absolute atomic E-state index is 13.2. The SMILES string of the molecule is CN=C(NCCc1ccc(F)cc1C)NCC1CCN(c2ccccc2OC)C1.I. The summed E-state index contributed by atoms with van der Waals surface area (Å²) in [5, 5.41) is 6.80. The number of aliphatic imine (C=N–C) groups is 1. The summed E-state index contributed by atoms with van der Waals surface area (Å²) in [5.74, 6) is 2.10. The lowest BCUT2D eigenvalue weighted by molar-refractivity contribution is 0.414. The van der Waals surface area contributed by atoms with Crippen molar-refractivity contribution >= 4 is 35.6 Å². The largest absolute Gasteiger partial charge is 0.495 e. The number of hydrogen-bond donors (Lipinski definition) is 2. The molecule has 1 aliphatic heterocycles. The first-order chi connectivity index (χ1) is 14.1. The van der Waals surface area contributed by atoms with E-state index >= 15 is 0 Å². The Morgan fingerprint density at radius 3 is 2.77 bits per heavy atom. The molecule has 2 N–H and O–H groups in total. The van der Waals surface area contributed by atoms with Crippen molar-refractivity contribution in [3.8, 4) is 5.75 Å². The van der Waals surface area contributed by atoms with Crippen molar-refractivity contribution in [2.45, 2.75) is 19.8 Å². The van der Waals surface area contributed by atoms with Crippen molar-refractivity contribution in [1.82, 2.24) is 10.6 Å². The van der Waals surface area contributed by atoms with Crippen molar-refractivity contribution in [1.29, 1.82) is 0 Å². The number of hydrogen-bond acceptors (Lipinski definition) is 3. The first-order valence-corrected chi connectivity index (χ1v) is 10.2. The van der Waals surface area contributed by atoms with Crippen LogP contribution in [0.25, 0.3) is 0 Å². The second-order valence-electron chi connectivity index (χ2n) is 7.47. The highest BCUT2D eigenvalue weighted by molar-refractivity contribution is 14.0. The number of benzene rings is 2. The number of methoxy groups -OCH3 is 1. The number of guanidine groups is 1. The highest BCUT2D eigenvalue weighted by atomic mass is 127. The molecule has 0 amide bonds. The van der Waals surface area contributed by atoms with Crippen LogP contribution in [-0.2, 0) is 6.42 Å². The third kappa shape index (κ3) is 6.48. The zero-order valence-corrected chi connectivity index (χ0v) is 20.3. The van der Waals surface area contributed by atoms with Crippen LogP contribution in [0, 0.1) is 18.7 Å². The molecule has 164 valence electrons. The summed E-state index contributed by atoms with van der Waals surface area (Å²) in [6.45, 7) is 5.60. The maximum Gasteiger partial charge on any atom is 0.190 e. The minimum atomic E-state index is -0.185. The van der Waals surface area contributed by atoms with Gasteiger partial charge in [0.05, 0.1) is 12.8 Å². The number of aryl methyl sites for hydroxylation is 1. The van der Waals surface area contributed by atoms with E-state index < -0.39 is 0 Å². The van der Waals surface area contributed by atoms with E-state index in [1.165, 1.54) is 6.07 Å². The molecule has 1 aliphatic rings. The number of nitrogens with zero attached hydrogens (tertiary/aromatic N) is 2. The molecular weight excluding hydrogens is 494 g/mol. The lowest BCUT2D eigenvalue weighted by atomic mass is 10.1. The van der Waals surface area contributed by atoms with Gasteiger partial charge in [0, 0.05) is 33.2 Å². The summed E-state index contributed by atoms with van der Waals surface area (Å²) in [4.78, 5) is 6.71. The van der Waals surface area contributed by atoms with Crippen molar-refractivity contribution < 1.29 is 9.13 Å². The standard InChI is InChI=1S/C23H31FN4O.HI/c1-17-14-20(24)9-8-19(17)10-12-26-23(25-2)27-15-18-11-13-28(16-18)21-6-4-5-7-22(21)29-3;/h4-9,14,18H,10-13,15-16H2,1-3H3,(H2,25,26,27);1H. The second-order valence-corrected chi connectivity index (χ2v) is 7.47. The molecule has 0 bridgehead atoms. The summed E-state index contributed by atoms with van der Waals surface area (Å²) in [5.41, 5.74) is 3.30. The van der Waals surface area contributed by atoms with Crippen LogP contribution in [0.4, 0.5) is 10.1 Å². The van der Waals surface area contributed by atoms with E-state index in [0.29, 0.717) is 5.92 Å². The fraction of sp³-hybridized carbons (Fsp3) is 0.435. The highest BCUT2D eigenvalue weighted by Crippen LogP contribution is 2.31. The van der Waals surface area contributed by atoms with Gasteiger partial charge in [-0.05, 0) is 61.1 Å². The quantitative estimate of drug-likeness (QED) is 0.326. The second kappa shape index (κ2) is 12.0. The van der Waals surface area contributed by atoms with Crippen molar-refractivity contribution in [2.24, 2.45) is 10.9 Å². The molecule has 5 nitrogen and oxygen atoms in total. The van der Waals surface area contributed by atoms with Gasteiger partial charge in [-0.2, -0.15) is 0 Å². The molecular formula is C23H32FIN4O. The van der Waals surface area contributed by atoms with E-state index in [1.54, 1.807) is 20.2 Å². The Labute approximate surface area is 196 Å². The minimum Gasteiger partial charge on any atom is -0.495 e. The van der Waals surface area contributed by atoms with Gasteiger partial charge in [-0.3, -0.25) is 4.99 Å². The summed E-state index contributed by atoms with van der Waals surface area (Å²) in [6, 6.07) is 13.1. The molecule has 0 saturated carbocycles. The number of ether oxygens (including phenoxy) is 1. The average molecular weight is 526 g/mol. The molecule has 30 heavy (non-hydrogen) atoms. The lowest BCUT2D eigenvalue weighted by Crippen LogP contribution is -2.41. The average Bonchev–Trinajstić information content (AvgIpc) is 3.20. The van der Waals surface area contributed by atoms with Crippen molar-refractivity contribution in [2.75, 3.05) is 45.2 Å². The summed E-state index contributed by atoms with van der Waals surface area (Å²) < 4.78 is 18.7. The molecule has 2 aromatic carbocycles. The van der Waals surface area contributed by atoms with Gasteiger partial charge in [-0.25, -0.2) is 4.39 Å². The molecule has 0 spiro atoms.